The van der Waals surface area contributed by atoms with Crippen LogP contribution in [-0.4, -0.2) is 43.6 Å². The van der Waals surface area contributed by atoms with Gasteiger partial charge in [0, 0.05) is 22.4 Å². The Labute approximate surface area is 190 Å². The van der Waals surface area contributed by atoms with Crippen molar-refractivity contribution in [3.8, 4) is 10.4 Å². The molecule has 1 aliphatic heterocycles. The van der Waals surface area contributed by atoms with Crippen molar-refractivity contribution in [2.45, 2.75) is 37.4 Å². The fourth-order valence-electron chi connectivity index (χ4n) is 3.81. The summed E-state index contributed by atoms with van der Waals surface area (Å²) in [6.45, 7) is 1.18. The van der Waals surface area contributed by atoms with Crippen molar-refractivity contribution < 1.29 is 28.0 Å². The van der Waals surface area contributed by atoms with E-state index >= 15 is 0 Å². The number of nitrogens with one attached hydrogen (secondary N) is 3. The molecule has 0 saturated carbocycles. The lowest BCUT2D eigenvalue weighted by atomic mass is 9.94. The fraction of sp³-hybridized carbons (Fsp3) is 0.381. The van der Waals surface area contributed by atoms with Gasteiger partial charge in [-0.1, -0.05) is 18.6 Å². The smallest absolute Gasteiger partial charge is 0.245 e. The van der Waals surface area contributed by atoms with Crippen LogP contribution in [0.1, 0.15) is 37.5 Å². The molecular formula is C21H25N3O6S2. The van der Waals surface area contributed by atoms with Gasteiger partial charge in [0.1, 0.15) is 4.75 Å². The first-order valence-corrected chi connectivity index (χ1v) is 12.5. The van der Waals surface area contributed by atoms with Crippen LogP contribution >= 0.6 is 11.3 Å². The molecule has 3 rings (SSSR count). The van der Waals surface area contributed by atoms with E-state index in [1.165, 1.54) is 18.3 Å². The number of rotatable bonds is 7. The third kappa shape index (κ3) is 5.17. The van der Waals surface area contributed by atoms with E-state index in [1.54, 1.807) is 35.8 Å². The third-order valence-electron chi connectivity index (χ3n) is 5.39. The molecule has 0 aliphatic carbocycles. The highest BCUT2D eigenvalue weighted by molar-refractivity contribution is 7.92. The van der Waals surface area contributed by atoms with Crippen LogP contribution < -0.4 is 16.1 Å². The molecule has 32 heavy (non-hydrogen) atoms. The first-order chi connectivity index (χ1) is 15.2. The monoisotopic (exact) mass is 479 g/mol. The molecule has 0 bridgehead atoms. The minimum Gasteiger partial charge on any atom is -0.347 e. The molecule has 1 aromatic carbocycles. The van der Waals surface area contributed by atoms with Crippen LogP contribution in [0.2, 0.25) is 0 Å². The molecule has 1 atom stereocenters. The lowest BCUT2D eigenvalue weighted by Crippen LogP contribution is -2.43. The second-order valence-electron chi connectivity index (χ2n) is 7.68. The van der Waals surface area contributed by atoms with E-state index in [1.807, 2.05) is 6.07 Å². The molecule has 1 aromatic heterocycles. The predicted molar refractivity (Wildman–Crippen MR) is 121 cm³/mol. The Hall–Kier alpha value is -2.76. The third-order valence-corrected chi connectivity index (χ3v) is 9.45. The van der Waals surface area contributed by atoms with Crippen molar-refractivity contribution in [2.24, 2.45) is 0 Å². The number of thiophene rings is 1. The molecule has 3 amide bonds. The second kappa shape index (κ2) is 9.80. The number of amides is 3. The maximum atomic E-state index is 13.1. The minimum atomic E-state index is -3.60. The number of sulfone groups is 1. The second-order valence-corrected chi connectivity index (χ2v) is 11.2. The van der Waals surface area contributed by atoms with E-state index in [0.29, 0.717) is 29.8 Å². The lowest BCUT2D eigenvalue weighted by molar-refractivity contribution is -0.130. The van der Waals surface area contributed by atoms with Gasteiger partial charge in [0.05, 0.1) is 18.7 Å². The number of anilines is 1. The largest absolute Gasteiger partial charge is 0.347 e. The Morgan fingerprint density at radius 1 is 1.12 bits per heavy atom. The number of carbonyl (C=O) groups is 3. The average Bonchev–Trinajstić information content (AvgIpc) is 3.24. The zero-order valence-electron chi connectivity index (χ0n) is 17.5. The van der Waals surface area contributed by atoms with Crippen LogP contribution in [0.25, 0.3) is 10.4 Å². The molecule has 1 saturated heterocycles. The predicted octanol–water partition coefficient (Wildman–Crippen LogP) is 2.18. The molecule has 0 unspecified atom stereocenters. The van der Waals surface area contributed by atoms with Gasteiger partial charge < -0.3 is 10.6 Å². The molecule has 1 fully saturated rings. The van der Waals surface area contributed by atoms with E-state index in [4.69, 9.17) is 5.21 Å². The van der Waals surface area contributed by atoms with Gasteiger partial charge in [0.15, 0.2) is 9.84 Å². The van der Waals surface area contributed by atoms with Crippen LogP contribution in [0.5, 0.6) is 0 Å². The van der Waals surface area contributed by atoms with Gasteiger partial charge >= 0.3 is 0 Å². The van der Waals surface area contributed by atoms with Crippen molar-refractivity contribution in [1.29, 1.82) is 0 Å². The van der Waals surface area contributed by atoms with Gasteiger partial charge in [-0.05, 0) is 42.7 Å². The Kier molecular flexibility index (Phi) is 7.32. The summed E-state index contributed by atoms with van der Waals surface area (Å²) in [5.41, 5.74) is 2.87. The molecule has 2 aromatic rings. The molecule has 0 radical (unpaired) electrons. The van der Waals surface area contributed by atoms with Gasteiger partial charge in [-0.2, -0.15) is 0 Å². The summed E-state index contributed by atoms with van der Waals surface area (Å²) in [7, 11) is -3.60. The first-order valence-electron chi connectivity index (χ1n) is 10.1. The molecule has 1 aliphatic rings. The molecule has 11 heteroatoms. The SMILES string of the molecule is CC(=O)NCC(=O)Nc1cccc(-c2ccc([C@@]3(CC(=O)NO)CCCCS3(=O)=O)s2)c1. The van der Waals surface area contributed by atoms with Crippen LogP contribution in [0.3, 0.4) is 0 Å². The molecule has 2 heterocycles. The summed E-state index contributed by atoms with van der Waals surface area (Å²) in [4.78, 5) is 36.2. The maximum Gasteiger partial charge on any atom is 0.245 e. The zero-order valence-corrected chi connectivity index (χ0v) is 19.1. The van der Waals surface area contributed by atoms with Crippen molar-refractivity contribution in [2.75, 3.05) is 17.6 Å². The number of carbonyl (C=O) groups excluding carboxylic acids is 3. The van der Waals surface area contributed by atoms with Crippen molar-refractivity contribution in [3.63, 3.8) is 0 Å². The van der Waals surface area contributed by atoms with Crippen molar-refractivity contribution >= 4 is 44.6 Å². The van der Waals surface area contributed by atoms with E-state index in [0.717, 1.165) is 10.4 Å². The van der Waals surface area contributed by atoms with Crippen molar-refractivity contribution in [1.82, 2.24) is 10.8 Å². The van der Waals surface area contributed by atoms with Gasteiger partial charge in [0.25, 0.3) is 0 Å². The Morgan fingerprint density at radius 3 is 2.59 bits per heavy atom. The van der Waals surface area contributed by atoms with Gasteiger partial charge in [-0.15, -0.1) is 11.3 Å². The number of hydroxylamine groups is 1. The number of hydrogen-bond acceptors (Lipinski definition) is 7. The van der Waals surface area contributed by atoms with Crippen molar-refractivity contribution in [3.05, 3.63) is 41.3 Å². The van der Waals surface area contributed by atoms with E-state index in [-0.39, 0.29) is 30.5 Å². The Balaban J connectivity index is 1.89. The van der Waals surface area contributed by atoms with Gasteiger partial charge in [-0.25, -0.2) is 13.9 Å². The molecule has 9 nitrogen and oxygen atoms in total. The normalized spacial score (nSPS) is 19.7. The summed E-state index contributed by atoms with van der Waals surface area (Å²) < 4.78 is 24.7. The molecular weight excluding hydrogens is 454 g/mol. The van der Waals surface area contributed by atoms with Crippen LogP contribution in [0.15, 0.2) is 36.4 Å². The highest BCUT2D eigenvalue weighted by Gasteiger charge is 2.49. The number of benzene rings is 1. The standard InChI is InChI=1S/C21H25N3O6S2/c1-14(25)22-13-20(27)23-16-6-4-5-15(11-16)17-7-8-18(31-17)21(12-19(26)24-28)9-2-3-10-32(21,29)30/h4-8,11,28H,2-3,9-10,12-13H2,1H3,(H,22,25)(H,23,27)(H,24,26)/t21-/m0/s1. The summed E-state index contributed by atoms with van der Waals surface area (Å²) in [6.07, 6.45) is 1.18. The minimum absolute atomic E-state index is 0.00520. The maximum absolute atomic E-state index is 13.1. The molecule has 0 spiro atoms. The van der Waals surface area contributed by atoms with Gasteiger partial charge in [-0.3, -0.25) is 19.6 Å². The van der Waals surface area contributed by atoms with Crippen LogP contribution in [-0.2, 0) is 29.0 Å². The lowest BCUT2D eigenvalue weighted by Gasteiger charge is -2.35. The molecule has 4 N–H and O–H groups in total. The summed E-state index contributed by atoms with van der Waals surface area (Å²) in [5, 5.41) is 14.1. The quantitative estimate of drug-likeness (QED) is 0.354. The highest BCUT2D eigenvalue weighted by atomic mass is 32.2. The fourth-order valence-corrected chi connectivity index (χ4v) is 7.59. The first kappa shape index (κ1) is 23.9. The summed E-state index contributed by atoms with van der Waals surface area (Å²) in [5.74, 6) is -1.42. The Morgan fingerprint density at radius 2 is 1.91 bits per heavy atom. The van der Waals surface area contributed by atoms with E-state index in [2.05, 4.69) is 10.6 Å². The van der Waals surface area contributed by atoms with Crippen LogP contribution in [0, 0.1) is 0 Å². The zero-order chi connectivity index (χ0) is 23.4. The Bertz CT molecular complexity index is 1130. The highest BCUT2D eigenvalue weighted by Crippen LogP contribution is 2.47. The van der Waals surface area contributed by atoms with Crippen LogP contribution in [0.4, 0.5) is 5.69 Å². The average molecular weight is 480 g/mol. The van der Waals surface area contributed by atoms with E-state index < -0.39 is 20.5 Å². The summed E-state index contributed by atoms with van der Waals surface area (Å²) in [6, 6.07) is 10.6. The van der Waals surface area contributed by atoms with Gasteiger partial charge in [0.2, 0.25) is 17.7 Å². The number of hydrogen-bond donors (Lipinski definition) is 4. The topological polar surface area (TPSA) is 142 Å². The molecule has 172 valence electrons. The summed E-state index contributed by atoms with van der Waals surface area (Å²) >= 11 is 1.28. The van der Waals surface area contributed by atoms with E-state index in [9.17, 15) is 22.8 Å².